The van der Waals surface area contributed by atoms with Crippen LogP contribution in [0.25, 0.3) is 98.9 Å². The maximum atomic E-state index is 5.29. The molecular weight excluding hydrogens is 629 g/mol. The van der Waals surface area contributed by atoms with Gasteiger partial charge in [-0.15, -0.1) is 0 Å². The van der Waals surface area contributed by atoms with Gasteiger partial charge in [-0.25, -0.2) is 9.97 Å². The van der Waals surface area contributed by atoms with E-state index >= 15 is 0 Å². The molecule has 0 N–H and O–H groups in total. The van der Waals surface area contributed by atoms with E-state index in [4.69, 9.17) is 9.97 Å². The molecule has 0 unspecified atom stereocenters. The number of hydrogen-bond acceptors (Lipinski definition) is 2. The van der Waals surface area contributed by atoms with Crippen molar-refractivity contribution in [3.63, 3.8) is 0 Å². The summed E-state index contributed by atoms with van der Waals surface area (Å²) in [6, 6.07) is 61.6. The van der Waals surface area contributed by atoms with Crippen molar-refractivity contribution in [2.24, 2.45) is 0 Å². The number of benzene rings is 8. The summed E-state index contributed by atoms with van der Waals surface area (Å²) in [6.07, 6.45) is 0. The second-order valence-corrected chi connectivity index (χ2v) is 14.0. The number of aryl methyl sites for hydroxylation is 2. The monoisotopic (exact) mass is 662 g/mol. The van der Waals surface area contributed by atoms with E-state index in [2.05, 4.69) is 184 Å². The molecule has 0 atom stereocenters. The third-order valence-corrected chi connectivity index (χ3v) is 10.6. The molecule has 2 heteroatoms. The molecule has 0 radical (unpaired) electrons. The maximum absolute atomic E-state index is 5.29. The highest BCUT2D eigenvalue weighted by atomic mass is 14.7. The van der Waals surface area contributed by atoms with E-state index in [-0.39, 0.29) is 0 Å². The van der Waals surface area contributed by atoms with Crippen molar-refractivity contribution in [1.82, 2.24) is 9.97 Å². The van der Waals surface area contributed by atoms with E-state index in [9.17, 15) is 0 Å². The Hall–Kier alpha value is -6.64. The number of aromatic nitrogens is 2. The van der Waals surface area contributed by atoms with Gasteiger partial charge in [0.2, 0.25) is 0 Å². The van der Waals surface area contributed by atoms with E-state index < -0.39 is 0 Å². The van der Waals surface area contributed by atoms with Crippen LogP contribution in [0.5, 0.6) is 0 Å². The lowest BCUT2D eigenvalue weighted by Gasteiger charge is -2.11. The van der Waals surface area contributed by atoms with Gasteiger partial charge in [-0.2, -0.15) is 0 Å². The SMILES string of the molecule is Cc1ccc(-c2ccc3ccc4ccc(-c5ccc6ccc(-c7ccc8ccc9ccc(-c%10ccc(C)cc%10)cc9c8n7)cc6c5)nc4c3c2)cc1. The molecule has 0 saturated carbocycles. The summed E-state index contributed by atoms with van der Waals surface area (Å²) in [7, 11) is 0. The third kappa shape index (κ3) is 5.28. The van der Waals surface area contributed by atoms with Gasteiger partial charge < -0.3 is 0 Å². The van der Waals surface area contributed by atoms with Crippen LogP contribution in [0.1, 0.15) is 11.1 Å². The van der Waals surface area contributed by atoms with E-state index in [1.54, 1.807) is 0 Å². The Morgan fingerprint density at radius 2 is 0.615 bits per heavy atom. The first-order chi connectivity index (χ1) is 25.5. The fraction of sp³-hybridized carbons (Fsp3) is 0.0400. The molecular formula is C50H34N2. The smallest absolute Gasteiger partial charge is 0.0788 e. The van der Waals surface area contributed by atoms with Crippen LogP contribution < -0.4 is 0 Å². The zero-order chi connectivity index (χ0) is 34.8. The average Bonchev–Trinajstić information content (AvgIpc) is 3.20. The van der Waals surface area contributed by atoms with Gasteiger partial charge in [0.15, 0.2) is 0 Å². The predicted molar refractivity (Wildman–Crippen MR) is 221 cm³/mol. The molecule has 0 aliphatic rings. The summed E-state index contributed by atoms with van der Waals surface area (Å²) in [5.74, 6) is 0. The summed E-state index contributed by atoms with van der Waals surface area (Å²) in [4.78, 5) is 10.6. The van der Waals surface area contributed by atoms with Gasteiger partial charge in [0.1, 0.15) is 0 Å². The van der Waals surface area contributed by atoms with Crippen LogP contribution in [-0.2, 0) is 0 Å². The molecule has 8 aromatic carbocycles. The van der Waals surface area contributed by atoms with Crippen LogP contribution in [0, 0.1) is 13.8 Å². The van der Waals surface area contributed by atoms with Crippen molar-refractivity contribution in [2.45, 2.75) is 13.8 Å². The highest BCUT2D eigenvalue weighted by Gasteiger charge is 2.11. The minimum absolute atomic E-state index is 0.965. The van der Waals surface area contributed by atoms with Gasteiger partial charge in [-0.3, -0.25) is 0 Å². The Kier molecular flexibility index (Phi) is 6.97. The molecule has 2 heterocycles. The standard InChI is InChI=1S/C50H34N2/c1-31-3-7-33(8-4-31)40-19-15-36-13-17-38-23-25-47(51-49(38)45(36)29-40)42-21-11-35-12-22-43(28-44(35)27-42)48-26-24-39-18-14-37-16-20-41(30-46(37)50(39)52-48)34-9-5-32(2)6-10-34/h3-30H,1-2H3. The van der Waals surface area contributed by atoms with E-state index in [0.29, 0.717) is 0 Å². The van der Waals surface area contributed by atoms with Crippen LogP contribution in [0.4, 0.5) is 0 Å². The molecule has 0 bridgehead atoms. The Labute approximate surface area is 302 Å². The number of pyridine rings is 2. The van der Waals surface area contributed by atoms with Crippen molar-refractivity contribution < 1.29 is 0 Å². The Morgan fingerprint density at radius 1 is 0.269 bits per heavy atom. The van der Waals surface area contributed by atoms with E-state index in [1.165, 1.54) is 60.3 Å². The zero-order valence-electron chi connectivity index (χ0n) is 29.1. The highest BCUT2D eigenvalue weighted by molar-refractivity contribution is 6.08. The molecule has 0 aliphatic heterocycles. The van der Waals surface area contributed by atoms with Gasteiger partial charge in [0, 0.05) is 32.7 Å². The topological polar surface area (TPSA) is 25.8 Å². The number of hydrogen-bond donors (Lipinski definition) is 0. The van der Waals surface area contributed by atoms with Crippen molar-refractivity contribution in [2.75, 3.05) is 0 Å². The first-order valence-electron chi connectivity index (χ1n) is 17.9. The Balaban J connectivity index is 1.05. The lowest BCUT2D eigenvalue weighted by Crippen LogP contribution is -1.89. The zero-order valence-corrected chi connectivity index (χ0v) is 29.1. The summed E-state index contributed by atoms with van der Waals surface area (Å²) in [6.45, 7) is 4.25. The molecule has 0 amide bonds. The normalized spacial score (nSPS) is 11.7. The fourth-order valence-electron chi connectivity index (χ4n) is 7.55. The molecule has 10 rings (SSSR count). The molecule has 0 saturated heterocycles. The maximum Gasteiger partial charge on any atom is 0.0788 e. The molecule has 0 aliphatic carbocycles. The predicted octanol–water partition coefficient (Wildman–Crippen LogP) is 13.5. The summed E-state index contributed by atoms with van der Waals surface area (Å²) in [5, 5.41) is 9.36. The van der Waals surface area contributed by atoms with E-state index in [0.717, 1.165) is 49.7 Å². The van der Waals surface area contributed by atoms with Crippen molar-refractivity contribution in [3.05, 3.63) is 181 Å². The number of nitrogens with zero attached hydrogens (tertiary/aromatic N) is 2. The first kappa shape index (κ1) is 30.2. The van der Waals surface area contributed by atoms with Crippen LogP contribution in [0.2, 0.25) is 0 Å². The number of rotatable bonds is 4. The molecule has 0 spiro atoms. The van der Waals surface area contributed by atoms with Crippen LogP contribution in [-0.4, -0.2) is 9.97 Å². The largest absolute Gasteiger partial charge is 0.247 e. The minimum Gasteiger partial charge on any atom is -0.247 e. The lowest BCUT2D eigenvalue weighted by atomic mass is 9.97. The second-order valence-electron chi connectivity index (χ2n) is 14.0. The average molecular weight is 663 g/mol. The molecule has 0 fully saturated rings. The Bertz CT molecular complexity index is 2810. The fourth-order valence-corrected chi connectivity index (χ4v) is 7.55. The molecule has 2 nitrogen and oxygen atoms in total. The quantitative estimate of drug-likeness (QED) is 0.175. The van der Waals surface area contributed by atoms with Gasteiger partial charge >= 0.3 is 0 Å². The van der Waals surface area contributed by atoms with Crippen molar-refractivity contribution >= 4 is 54.1 Å². The first-order valence-corrected chi connectivity index (χ1v) is 17.9. The molecule has 10 aromatic rings. The summed E-state index contributed by atoms with van der Waals surface area (Å²) < 4.78 is 0. The van der Waals surface area contributed by atoms with Gasteiger partial charge in [0.25, 0.3) is 0 Å². The minimum atomic E-state index is 0.965. The second kappa shape index (κ2) is 12.0. The highest BCUT2D eigenvalue weighted by Crippen LogP contribution is 2.35. The third-order valence-electron chi connectivity index (χ3n) is 10.6. The molecule has 244 valence electrons. The van der Waals surface area contributed by atoms with Crippen molar-refractivity contribution in [1.29, 1.82) is 0 Å². The molecule has 2 aromatic heterocycles. The van der Waals surface area contributed by atoms with Gasteiger partial charge in [0.05, 0.1) is 22.4 Å². The lowest BCUT2D eigenvalue weighted by molar-refractivity contribution is 1.41. The van der Waals surface area contributed by atoms with Crippen LogP contribution in [0.15, 0.2) is 170 Å². The number of fused-ring (bicyclic) bond motifs is 7. The van der Waals surface area contributed by atoms with Crippen LogP contribution >= 0.6 is 0 Å². The molecule has 52 heavy (non-hydrogen) atoms. The van der Waals surface area contributed by atoms with Gasteiger partial charge in [-0.05, 0) is 94.0 Å². The summed E-state index contributed by atoms with van der Waals surface area (Å²) in [5.41, 5.74) is 13.5. The Morgan fingerprint density at radius 3 is 1.08 bits per heavy atom. The van der Waals surface area contributed by atoms with Gasteiger partial charge in [-0.1, -0.05) is 145 Å². The van der Waals surface area contributed by atoms with E-state index in [1.807, 2.05) is 0 Å². The van der Waals surface area contributed by atoms with Crippen LogP contribution in [0.3, 0.4) is 0 Å². The summed E-state index contributed by atoms with van der Waals surface area (Å²) >= 11 is 0. The van der Waals surface area contributed by atoms with Crippen molar-refractivity contribution in [3.8, 4) is 44.8 Å².